The summed E-state index contributed by atoms with van der Waals surface area (Å²) in [6, 6.07) is 14.0. The van der Waals surface area contributed by atoms with Gasteiger partial charge in [0.15, 0.2) is 0 Å². The maximum Gasteiger partial charge on any atom is 0.377 e. The molecule has 0 radical (unpaired) electrons. The average molecular weight is 532 g/mol. The molecule has 4 aromatic heterocycles. The number of pyridine rings is 4. The number of aromatic nitrogens is 4. The minimum atomic E-state index is -0.946. The fourth-order valence-corrected chi connectivity index (χ4v) is 3.76. The lowest BCUT2D eigenvalue weighted by Crippen LogP contribution is -2.22. The molecule has 4 heterocycles. The molecule has 4 rings (SSSR count). The van der Waals surface area contributed by atoms with Gasteiger partial charge in [-0.1, -0.05) is 12.1 Å². The Morgan fingerprint density at radius 3 is 1.26 bits per heavy atom. The van der Waals surface area contributed by atoms with Crippen LogP contribution in [-0.2, 0) is 5.41 Å². The van der Waals surface area contributed by atoms with Crippen molar-refractivity contribution in [3.63, 3.8) is 0 Å². The quantitative estimate of drug-likeness (QED) is 0.225. The first kappa shape index (κ1) is 26.3. The van der Waals surface area contributed by atoms with Crippen molar-refractivity contribution in [1.29, 1.82) is 0 Å². The van der Waals surface area contributed by atoms with E-state index in [0.29, 0.717) is 11.4 Å². The van der Waals surface area contributed by atoms with Crippen molar-refractivity contribution in [3.05, 3.63) is 113 Å². The van der Waals surface area contributed by atoms with Crippen LogP contribution in [0.2, 0.25) is 0 Å². The molecule has 0 aliphatic carbocycles. The first-order valence-corrected chi connectivity index (χ1v) is 11.0. The van der Waals surface area contributed by atoms with E-state index in [4.69, 9.17) is 0 Å². The molecular formula is C23H16N8O8. The highest BCUT2D eigenvalue weighted by Gasteiger charge is 2.30. The molecule has 0 aliphatic rings. The number of hydrogen-bond donors (Lipinski definition) is 0. The number of rotatable bonds is 8. The number of nitrogens with zero attached hydrogens (tertiary/aromatic N) is 8. The Kier molecular flexibility index (Phi) is 6.68. The van der Waals surface area contributed by atoms with Crippen molar-refractivity contribution in [3.8, 4) is 22.5 Å². The Hall–Kier alpha value is -5.80. The zero-order valence-electron chi connectivity index (χ0n) is 20.1. The predicted octanol–water partition coefficient (Wildman–Crippen LogP) is 4.56. The lowest BCUT2D eigenvalue weighted by molar-refractivity contribution is -0.402. The van der Waals surface area contributed by atoms with Gasteiger partial charge in [-0.15, -0.1) is 0 Å². The molecule has 0 saturated heterocycles. The molecule has 16 heteroatoms. The summed E-state index contributed by atoms with van der Waals surface area (Å²) in [6.07, 6.45) is 0. The van der Waals surface area contributed by atoms with Gasteiger partial charge < -0.3 is 40.5 Å². The second kappa shape index (κ2) is 9.92. The van der Waals surface area contributed by atoms with Crippen LogP contribution in [0.1, 0.15) is 25.2 Å². The van der Waals surface area contributed by atoms with Gasteiger partial charge in [-0.2, -0.15) is 0 Å². The molecule has 0 aromatic carbocycles. The second-order valence-corrected chi connectivity index (χ2v) is 8.55. The van der Waals surface area contributed by atoms with Crippen LogP contribution in [0.3, 0.4) is 0 Å². The molecule has 196 valence electrons. The Labute approximate surface area is 217 Å². The van der Waals surface area contributed by atoms with E-state index >= 15 is 0 Å². The molecule has 0 aliphatic heterocycles. The van der Waals surface area contributed by atoms with Crippen LogP contribution in [0.5, 0.6) is 0 Å². The summed E-state index contributed by atoms with van der Waals surface area (Å²) in [5.41, 5.74) is 0.0947. The summed E-state index contributed by atoms with van der Waals surface area (Å²) >= 11 is 0. The normalized spacial score (nSPS) is 11.1. The smallest absolute Gasteiger partial charge is 0.358 e. The van der Waals surface area contributed by atoms with E-state index < -0.39 is 48.4 Å². The van der Waals surface area contributed by atoms with Crippen molar-refractivity contribution in [1.82, 2.24) is 19.9 Å². The van der Waals surface area contributed by atoms with E-state index in [2.05, 4.69) is 19.9 Å². The SMILES string of the molecule is CC(C)(c1cccc(-c2ccc([N+](=O)[O-])nc2[N+](=O)[O-])n1)c1cccc(-c2ccc([N+](=O)[O-])nc2[N+](=O)[O-])n1. The Bertz CT molecular complexity index is 1550. The average Bonchev–Trinajstić information content (AvgIpc) is 2.92. The van der Waals surface area contributed by atoms with Crippen LogP contribution in [0, 0.1) is 40.5 Å². The topological polar surface area (TPSA) is 224 Å². The fraction of sp³-hybridized carbons (Fsp3) is 0.130. The third-order valence-corrected chi connectivity index (χ3v) is 5.77. The van der Waals surface area contributed by atoms with Crippen LogP contribution in [-0.4, -0.2) is 39.6 Å². The minimum absolute atomic E-state index is 0.0301. The molecule has 0 atom stereocenters. The molecular weight excluding hydrogens is 516 g/mol. The number of hydrogen-bond acceptors (Lipinski definition) is 12. The van der Waals surface area contributed by atoms with Crippen LogP contribution >= 0.6 is 0 Å². The van der Waals surface area contributed by atoms with E-state index in [1.807, 2.05) is 0 Å². The summed E-state index contributed by atoms with van der Waals surface area (Å²) in [7, 11) is 0. The van der Waals surface area contributed by atoms with Crippen molar-refractivity contribution in [2.75, 3.05) is 0 Å². The third kappa shape index (κ3) is 5.06. The van der Waals surface area contributed by atoms with Gasteiger partial charge in [-0.3, -0.25) is 9.97 Å². The molecule has 0 amide bonds. The van der Waals surface area contributed by atoms with E-state index in [-0.39, 0.29) is 22.5 Å². The van der Waals surface area contributed by atoms with Crippen LogP contribution in [0.15, 0.2) is 60.7 Å². The summed E-state index contributed by atoms with van der Waals surface area (Å²) in [5.74, 6) is -2.83. The highest BCUT2D eigenvalue weighted by Crippen LogP contribution is 2.35. The molecule has 0 N–H and O–H groups in total. The number of nitro groups is 4. The van der Waals surface area contributed by atoms with Gasteiger partial charge in [0.1, 0.15) is 0 Å². The molecule has 0 fully saturated rings. The molecule has 0 spiro atoms. The highest BCUT2D eigenvalue weighted by molar-refractivity contribution is 5.70. The van der Waals surface area contributed by atoms with Gasteiger partial charge in [-0.25, -0.2) is 0 Å². The Morgan fingerprint density at radius 1 is 0.538 bits per heavy atom. The van der Waals surface area contributed by atoms with Crippen molar-refractivity contribution >= 4 is 23.3 Å². The monoisotopic (exact) mass is 532 g/mol. The first-order valence-electron chi connectivity index (χ1n) is 11.0. The minimum Gasteiger partial charge on any atom is -0.358 e. The van der Waals surface area contributed by atoms with E-state index in [0.717, 1.165) is 12.1 Å². The maximum atomic E-state index is 11.6. The van der Waals surface area contributed by atoms with Gasteiger partial charge in [0.05, 0.1) is 33.9 Å². The lowest BCUT2D eigenvalue weighted by Gasteiger charge is -2.24. The van der Waals surface area contributed by atoms with Crippen LogP contribution in [0.4, 0.5) is 23.3 Å². The van der Waals surface area contributed by atoms with Crippen LogP contribution in [0.25, 0.3) is 22.5 Å². The van der Waals surface area contributed by atoms with Gasteiger partial charge in [0.25, 0.3) is 0 Å². The summed E-state index contributed by atoms with van der Waals surface area (Å²) < 4.78 is 0. The largest absolute Gasteiger partial charge is 0.377 e. The van der Waals surface area contributed by atoms with Gasteiger partial charge >= 0.3 is 23.3 Å². The fourth-order valence-electron chi connectivity index (χ4n) is 3.76. The van der Waals surface area contributed by atoms with E-state index in [9.17, 15) is 40.5 Å². The summed E-state index contributed by atoms with van der Waals surface area (Å²) in [4.78, 5) is 58.0. The van der Waals surface area contributed by atoms with Gasteiger partial charge in [-0.05, 0) is 69.9 Å². The van der Waals surface area contributed by atoms with Crippen molar-refractivity contribution in [2.24, 2.45) is 0 Å². The first-order chi connectivity index (χ1) is 18.4. The van der Waals surface area contributed by atoms with Gasteiger partial charge in [0.2, 0.25) is 0 Å². The molecule has 16 nitrogen and oxygen atoms in total. The molecule has 0 bridgehead atoms. The molecule has 0 unspecified atom stereocenters. The molecule has 0 saturated carbocycles. The highest BCUT2D eigenvalue weighted by atomic mass is 16.6. The third-order valence-electron chi connectivity index (χ3n) is 5.77. The van der Waals surface area contributed by atoms with Crippen molar-refractivity contribution < 1.29 is 19.7 Å². The molecule has 4 aromatic rings. The zero-order valence-corrected chi connectivity index (χ0v) is 20.1. The van der Waals surface area contributed by atoms with E-state index in [1.165, 1.54) is 24.3 Å². The van der Waals surface area contributed by atoms with E-state index in [1.54, 1.807) is 38.1 Å². The summed E-state index contributed by atoms with van der Waals surface area (Å²) in [6.45, 7) is 3.52. The molecule has 39 heavy (non-hydrogen) atoms. The summed E-state index contributed by atoms with van der Waals surface area (Å²) in [5, 5.41) is 45.2. The Balaban J connectivity index is 1.79. The predicted molar refractivity (Wildman–Crippen MR) is 134 cm³/mol. The van der Waals surface area contributed by atoms with Crippen LogP contribution < -0.4 is 0 Å². The zero-order chi connectivity index (χ0) is 28.5. The second-order valence-electron chi connectivity index (χ2n) is 8.55. The standard InChI is InChI=1S/C23H16N8O8/c1-23(2,17-7-3-5-15(24-17)13-9-11-19(28(32)33)26-21(13)30(36)37)18-8-4-6-16(25-18)14-10-12-20(29(34)35)27-22(14)31(38)39/h3-12H,1-2H3. The lowest BCUT2D eigenvalue weighted by atomic mass is 9.84. The maximum absolute atomic E-state index is 11.6. The Morgan fingerprint density at radius 2 is 0.923 bits per heavy atom. The van der Waals surface area contributed by atoms with Gasteiger partial charge in [0, 0.05) is 27.5 Å². The van der Waals surface area contributed by atoms with Crippen molar-refractivity contribution in [2.45, 2.75) is 19.3 Å².